The summed E-state index contributed by atoms with van der Waals surface area (Å²) in [7, 11) is 0. The van der Waals surface area contributed by atoms with E-state index in [0.29, 0.717) is 0 Å². The van der Waals surface area contributed by atoms with E-state index in [2.05, 4.69) is 10.6 Å². The monoisotopic (exact) mass is 222 g/mol. The van der Waals surface area contributed by atoms with Gasteiger partial charge in [-0.25, -0.2) is 4.79 Å². The summed E-state index contributed by atoms with van der Waals surface area (Å²) in [6.45, 7) is 5.58. The van der Waals surface area contributed by atoms with Crippen molar-refractivity contribution in [3.05, 3.63) is 29.3 Å². The molecule has 4 heteroatoms. The van der Waals surface area contributed by atoms with E-state index >= 15 is 0 Å². The number of hydrogen-bond donors (Lipinski definition) is 3. The molecule has 0 aliphatic carbocycles. The van der Waals surface area contributed by atoms with Crippen molar-refractivity contribution in [2.45, 2.75) is 26.8 Å². The van der Waals surface area contributed by atoms with Gasteiger partial charge in [-0.15, -0.1) is 0 Å². The standard InChI is InChI=1S/C12H18N2O2/c1-8-4-5-9(2)11(6-8)14-12(16)13-10(3)7-15/h4-6,10,15H,7H2,1-3H3,(H2,13,14,16). The number of aliphatic hydroxyl groups is 1. The van der Waals surface area contributed by atoms with Crippen molar-refractivity contribution in [2.75, 3.05) is 11.9 Å². The van der Waals surface area contributed by atoms with Gasteiger partial charge in [-0.2, -0.15) is 0 Å². The van der Waals surface area contributed by atoms with E-state index in [1.165, 1.54) is 0 Å². The molecular formula is C12H18N2O2. The first-order valence-electron chi connectivity index (χ1n) is 5.28. The second-order valence-electron chi connectivity index (χ2n) is 4.00. The molecule has 3 N–H and O–H groups in total. The summed E-state index contributed by atoms with van der Waals surface area (Å²) in [6, 6.07) is 5.33. The fraction of sp³-hybridized carbons (Fsp3) is 0.417. The van der Waals surface area contributed by atoms with Gasteiger partial charge in [-0.3, -0.25) is 0 Å². The smallest absolute Gasteiger partial charge is 0.319 e. The molecule has 0 fully saturated rings. The third kappa shape index (κ3) is 3.55. The van der Waals surface area contributed by atoms with Gasteiger partial charge < -0.3 is 15.7 Å². The van der Waals surface area contributed by atoms with E-state index in [9.17, 15) is 4.79 Å². The zero-order valence-corrected chi connectivity index (χ0v) is 9.87. The quantitative estimate of drug-likeness (QED) is 0.730. The van der Waals surface area contributed by atoms with Crippen LogP contribution in [0.1, 0.15) is 18.1 Å². The Morgan fingerprint density at radius 1 is 1.44 bits per heavy atom. The second kappa shape index (κ2) is 5.51. The van der Waals surface area contributed by atoms with Gasteiger partial charge in [-0.1, -0.05) is 12.1 Å². The lowest BCUT2D eigenvalue weighted by Gasteiger charge is -2.13. The number of urea groups is 1. The highest BCUT2D eigenvalue weighted by Gasteiger charge is 2.07. The van der Waals surface area contributed by atoms with Crippen molar-refractivity contribution in [3.63, 3.8) is 0 Å². The molecule has 0 aliphatic heterocycles. The van der Waals surface area contributed by atoms with Crippen LogP contribution in [0.4, 0.5) is 10.5 Å². The summed E-state index contributed by atoms with van der Waals surface area (Å²) in [5.74, 6) is 0. The van der Waals surface area contributed by atoms with E-state index in [0.717, 1.165) is 16.8 Å². The van der Waals surface area contributed by atoms with Gasteiger partial charge in [0.1, 0.15) is 0 Å². The van der Waals surface area contributed by atoms with E-state index in [1.807, 2.05) is 32.0 Å². The molecule has 2 amide bonds. The fourth-order valence-electron chi connectivity index (χ4n) is 1.30. The Kier molecular flexibility index (Phi) is 4.31. The van der Waals surface area contributed by atoms with Crippen molar-refractivity contribution in [2.24, 2.45) is 0 Å². The Balaban J connectivity index is 2.65. The van der Waals surface area contributed by atoms with Gasteiger partial charge >= 0.3 is 6.03 Å². The lowest BCUT2D eigenvalue weighted by molar-refractivity contribution is 0.229. The number of carbonyl (C=O) groups is 1. The SMILES string of the molecule is Cc1ccc(C)c(NC(=O)NC(C)CO)c1. The number of amides is 2. The third-order valence-electron chi connectivity index (χ3n) is 2.29. The molecule has 0 spiro atoms. The Hall–Kier alpha value is -1.55. The zero-order valence-electron chi connectivity index (χ0n) is 9.87. The third-order valence-corrected chi connectivity index (χ3v) is 2.29. The number of nitrogens with one attached hydrogen (secondary N) is 2. The number of carbonyl (C=O) groups excluding carboxylic acids is 1. The van der Waals surface area contributed by atoms with Crippen molar-refractivity contribution in [1.82, 2.24) is 5.32 Å². The van der Waals surface area contributed by atoms with E-state index in [4.69, 9.17) is 5.11 Å². The van der Waals surface area contributed by atoms with Crippen LogP contribution in [-0.2, 0) is 0 Å². The van der Waals surface area contributed by atoms with E-state index in [1.54, 1.807) is 6.92 Å². The number of anilines is 1. The Labute approximate surface area is 95.7 Å². The second-order valence-corrected chi connectivity index (χ2v) is 4.00. The molecule has 0 aromatic heterocycles. The molecule has 0 heterocycles. The largest absolute Gasteiger partial charge is 0.394 e. The minimum absolute atomic E-state index is 0.0692. The number of aliphatic hydroxyl groups excluding tert-OH is 1. The Morgan fingerprint density at radius 2 is 2.12 bits per heavy atom. The normalized spacial score (nSPS) is 12.0. The van der Waals surface area contributed by atoms with Crippen LogP contribution in [0.3, 0.4) is 0 Å². The van der Waals surface area contributed by atoms with Crippen LogP contribution >= 0.6 is 0 Å². The number of aryl methyl sites for hydroxylation is 2. The van der Waals surface area contributed by atoms with Crippen molar-refractivity contribution < 1.29 is 9.90 Å². The lowest BCUT2D eigenvalue weighted by atomic mass is 10.1. The van der Waals surface area contributed by atoms with Crippen LogP contribution in [0.15, 0.2) is 18.2 Å². The molecule has 0 saturated carbocycles. The van der Waals surface area contributed by atoms with Crippen LogP contribution in [-0.4, -0.2) is 23.8 Å². The zero-order chi connectivity index (χ0) is 12.1. The summed E-state index contributed by atoms with van der Waals surface area (Å²) in [5.41, 5.74) is 2.90. The maximum absolute atomic E-state index is 11.5. The van der Waals surface area contributed by atoms with Crippen LogP contribution in [0.2, 0.25) is 0 Å². The summed E-state index contributed by atoms with van der Waals surface area (Å²) in [4.78, 5) is 11.5. The summed E-state index contributed by atoms with van der Waals surface area (Å²) >= 11 is 0. The first-order valence-corrected chi connectivity index (χ1v) is 5.28. The highest BCUT2D eigenvalue weighted by Crippen LogP contribution is 2.15. The van der Waals surface area contributed by atoms with Gasteiger partial charge in [0.05, 0.1) is 12.6 Å². The molecule has 1 atom stereocenters. The lowest BCUT2D eigenvalue weighted by Crippen LogP contribution is -2.38. The minimum atomic E-state index is -0.296. The molecule has 1 aromatic carbocycles. The molecule has 0 radical (unpaired) electrons. The predicted octanol–water partition coefficient (Wildman–Crippen LogP) is 1.81. The molecule has 0 aliphatic rings. The first kappa shape index (κ1) is 12.5. The predicted molar refractivity (Wildman–Crippen MR) is 64.6 cm³/mol. The topological polar surface area (TPSA) is 61.4 Å². The van der Waals surface area contributed by atoms with Gasteiger partial charge in [-0.05, 0) is 38.0 Å². The molecule has 88 valence electrons. The highest BCUT2D eigenvalue weighted by atomic mass is 16.3. The summed E-state index contributed by atoms with van der Waals surface area (Å²) in [5, 5.41) is 14.2. The van der Waals surface area contributed by atoms with E-state index < -0.39 is 0 Å². The molecule has 0 bridgehead atoms. The number of benzene rings is 1. The van der Waals surface area contributed by atoms with Gasteiger partial charge in [0.25, 0.3) is 0 Å². The first-order chi connectivity index (χ1) is 7.52. The maximum Gasteiger partial charge on any atom is 0.319 e. The fourth-order valence-corrected chi connectivity index (χ4v) is 1.30. The van der Waals surface area contributed by atoms with E-state index in [-0.39, 0.29) is 18.7 Å². The average Bonchev–Trinajstić information content (AvgIpc) is 2.23. The molecule has 4 nitrogen and oxygen atoms in total. The molecule has 1 unspecified atom stereocenters. The van der Waals surface area contributed by atoms with Crippen LogP contribution in [0.5, 0.6) is 0 Å². The number of rotatable bonds is 3. The molecular weight excluding hydrogens is 204 g/mol. The Bertz CT molecular complexity index is 377. The van der Waals surface area contributed by atoms with Crippen molar-refractivity contribution >= 4 is 11.7 Å². The van der Waals surface area contributed by atoms with Gasteiger partial charge in [0.15, 0.2) is 0 Å². The van der Waals surface area contributed by atoms with Gasteiger partial charge in [0.2, 0.25) is 0 Å². The average molecular weight is 222 g/mol. The Morgan fingerprint density at radius 3 is 2.75 bits per heavy atom. The van der Waals surface area contributed by atoms with Crippen molar-refractivity contribution in [3.8, 4) is 0 Å². The molecule has 0 saturated heterocycles. The molecule has 1 aromatic rings. The maximum atomic E-state index is 11.5. The van der Waals surface area contributed by atoms with Crippen LogP contribution in [0, 0.1) is 13.8 Å². The highest BCUT2D eigenvalue weighted by molar-refractivity contribution is 5.90. The van der Waals surface area contributed by atoms with Crippen molar-refractivity contribution in [1.29, 1.82) is 0 Å². The molecule has 16 heavy (non-hydrogen) atoms. The molecule has 1 rings (SSSR count). The minimum Gasteiger partial charge on any atom is -0.394 e. The van der Waals surface area contributed by atoms with Crippen LogP contribution < -0.4 is 10.6 Å². The summed E-state index contributed by atoms with van der Waals surface area (Å²) in [6.07, 6.45) is 0. The van der Waals surface area contributed by atoms with Gasteiger partial charge in [0, 0.05) is 5.69 Å². The summed E-state index contributed by atoms with van der Waals surface area (Å²) < 4.78 is 0. The number of hydrogen-bond acceptors (Lipinski definition) is 2. The van der Waals surface area contributed by atoms with Crippen LogP contribution in [0.25, 0.3) is 0 Å².